The maximum absolute atomic E-state index is 12.9. The molecule has 5 heteroatoms. The second kappa shape index (κ2) is 6.96. The van der Waals surface area contributed by atoms with Crippen molar-refractivity contribution in [3.63, 3.8) is 0 Å². The van der Waals surface area contributed by atoms with Gasteiger partial charge in [0, 0.05) is 0 Å². The van der Waals surface area contributed by atoms with Crippen molar-refractivity contribution in [2.75, 3.05) is 4.90 Å². The monoisotopic (exact) mass is 348 g/mol. The Kier molecular flexibility index (Phi) is 4.71. The van der Waals surface area contributed by atoms with Gasteiger partial charge in [0.15, 0.2) is 0 Å². The lowest BCUT2D eigenvalue weighted by molar-refractivity contribution is -0.122. The van der Waals surface area contributed by atoms with Crippen molar-refractivity contribution in [2.45, 2.75) is 27.2 Å². The van der Waals surface area contributed by atoms with Gasteiger partial charge in [-0.15, -0.1) is 0 Å². The first-order valence-corrected chi connectivity index (χ1v) is 8.47. The topological polar surface area (TPSA) is 66.5 Å². The summed E-state index contributed by atoms with van der Waals surface area (Å²) in [6.45, 7) is 5.83. The molecule has 26 heavy (non-hydrogen) atoms. The number of nitrogens with zero attached hydrogens (tertiary/aromatic N) is 1. The number of hydrogen-bond donors (Lipinski definition) is 1. The standard InChI is InChI=1S/C21H20N2O3/c1-4-15-5-7-16(8-6-15)12-18-19(24)22-21(26)23(20(18)25)17-10-13(2)9-14(3)11-17/h5-12H,4H2,1-3H3,(H,22,24,26)/b18-12+. The summed E-state index contributed by atoms with van der Waals surface area (Å²) >= 11 is 0. The predicted octanol–water partition coefficient (Wildman–Crippen LogP) is 3.53. The minimum atomic E-state index is -0.733. The zero-order chi connectivity index (χ0) is 18.8. The zero-order valence-corrected chi connectivity index (χ0v) is 15.0. The van der Waals surface area contributed by atoms with Gasteiger partial charge in [0.2, 0.25) is 0 Å². The average Bonchev–Trinajstić information content (AvgIpc) is 2.58. The molecule has 1 aliphatic rings. The van der Waals surface area contributed by atoms with Crippen LogP contribution < -0.4 is 10.2 Å². The number of imide groups is 2. The van der Waals surface area contributed by atoms with Gasteiger partial charge in [-0.05, 0) is 60.7 Å². The van der Waals surface area contributed by atoms with Gasteiger partial charge in [0.25, 0.3) is 11.8 Å². The second-order valence-electron chi connectivity index (χ2n) is 6.40. The van der Waals surface area contributed by atoms with E-state index in [9.17, 15) is 14.4 Å². The maximum Gasteiger partial charge on any atom is 0.335 e. The Labute approximate surface area is 152 Å². The van der Waals surface area contributed by atoms with Gasteiger partial charge in [0.05, 0.1) is 5.69 Å². The Balaban J connectivity index is 2.00. The smallest absolute Gasteiger partial charge is 0.273 e. The number of amides is 4. The van der Waals surface area contributed by atoms with E-state index in [-0.39, 0.29) is 5.57 Å². The Bertz CT molecular complexity index is 907. The molecule has 0 aromatic heterocycles. The summed E-state index contributed by atoms with van der Waals surface area (Å²) in [5.41, 5.74) is 4.14. The number of nitrogens with one attached hydrogen (secondary N) is 1. The highest BCUT2D eigenvalue weighted by Gasteiger charge is 2.36. The number of urea groups is 1. The number of carbonyl (C=O) groups is 3. The first-order valence-electron chi connectivity index (χ1n) is 8.47. The number of aryl methyl sites for hydroxylation is 3. The van der Waals surface area contributed by atoms with Gasteiger partial charge in [-0.3, -0.25) is 14.9 Å². The predicted molar refractivity (Wildman–Crippen MR) is 101 cm³/mol. The Morgan fingerprint density at radius 2 is 1.58 bits per heavy atom. The van der Waals surface area contributed by atoms with Gasteiger partial charge in [-0.1, -0.05) is 37.3 Å². The molecule has 1 fully saturated rings. The summed E-state index contributed by atoms with van der Waals surface area (Å²) in [6, 6.07) is 12.3. The van der Waals surface area contributed by atoms with Crippen LogP contribution in [0.4, 0.5) is 10.5 Å². The van der Waals surface area contributed by atoms with E-state index in [0.29, 0.717) is 5.69 Å². The molecule has 4 amide bonds. The van der Waals surface area contributed by atoms with Crippen molar-refractivity contribution >= 4 is 29.6 Å². The molecule has 3 rings (SSSR count). The number of hydrogen-bond acceptors (Lipinski definition) is 3. The van der Waals surface area contributed by atoms with Crippen LogP contribution in [0, 0.1) is 13.8 Å². The van der Waals surface area contributed by atoms with Crippen molar-refractivity contribution in [2.24, 2.45) is 0 Å². The summed E-state index contributed by atoms with van der Waals surface area (Å²) in [5.74, 6) is -1.30. The highest BCUT2D eigenvalue weighted by atomic mass is 16.2. The Morgan fingerprint density at radius 3 is 2.15 bits per heavy atom. The number of rotatable bonds is 3. The molecule has 0 atom stereocenters. The van der Waals surface area contributed by atoms with E-state index < -0.39 is 17.8 Å². The van der Waals surface area contributed by atoms with Crippen molar-refractivity contribution < 1.29 is 14.4 Å². The molecular formula is C21H20N2O3. The van der Waals surface area contributed by atoms with Gasteiger partial charge in [0.1, 0.15) is 5.57 Å². The van der Waals surface area contributed by atoms with Crippen LogP contribution in [0.25, 0.3) is 6.08 Å². The lowest BCUT2D eigenvalue weighted by Gasteiger charge is -2.27. The SMILES string of the molecule is CCc1ccc(/C=C2\C(=O)NC(=O)N(c3cc(C)cc(C)c3)C2=O)cc1. The van der Waals surface area contributed by atoms with E-state index in [1.54, 1.807) is 12.1 Å². The molecule has 1 saturated heterocycles. The molecule has 2 aromatic rings. The van der Waals surface area contributed by atoms with Gasteiger partial charge < -0.3 is 0 Å². The highest BCUT2D eigenvalue weighted by Crippen LogP contribution is 2.24. The molecule has 132 valence electrons. The maximum atomic E-state index is 12.9. The molecule has 1 heterocycles. The summed E-state index contributed by atoms with van der Waals surface area (Å²) in [4.78, 5) is 38.4. The van der Waals surface area contributed by atoms with Crippen LogP contribution in [-0.4, -0.2) is 17.8 Å². The van der Waals surface area contributed by atoms with E-state index in [4.69, 9.17) is 0 Å². The van der Waals surface area contributed by atoms with Crippen molar-refractivity contribution in [1.29, 1.82) is 0 Å². The van der Waals surface area contributed by atoms with E-state index in [2.05, 4.69) is 12.2 Å². The van der Waals surface area contributed by atoms with Crippen LogP contribution in [0.15, 0.2) is 48.0 Å². The Hall–Kier alpha value is -3.21. The van der Waals surface area contributed by atoms with E-state index in [1.165, 1.54) is 11.6 Å². The van der Waals surface area contributed by atoms with E-state index in [1.807, 2.05) is 44.2 Å². The third kappa shape index (κ3) is 3.42. The lowest BCUT2D eigenvalue weighted by atomic mass is 10.0. The van der Waals surface area contributed by atoms with Gasteiger partial charge in [-0.2, -0.15) is 0 Å². The van der Waals surface area contributed by atoms with Crippen molar-refractivity contribution in [3.8, 4) is 0 Å². The molecule has 1 N–H and O–H groups in total. The third-order valence-electron chi connectivity index (χ3n) is 4.27. The fourth-order valence-electron chi connectivity index (χ4n) is 2.99. The summed E-state index contributed by atoms with van der Waals surface area (Å²) < 4.78 is 0. The third-order valence-corrected chi connectivity index (χ3v) is 4.27. The molecule has 0 spiro atoms. The van der Waals surface area contributed by atoms with Crippen LogP contribution in [0.3, 0.4) is 0 Å². The quantitative estimate of drug-likeness (QED) is 0.681. The van der Waals surface area contributed by atoms with Crippen LogP contribution in [0.5, 0.6) is 0 Å². The minimum Gasteiger partial charge on any atom is -0.273 e. The van der Waals surface area contributed by atoms with Crippen LogP contribution in [0.2, 0.25) is 0 Å². The largest absolute Gasteiger partial charge is 0.335 e. The zero-order valence-electron chi connectivity index (χ0n) is 15.0. The molecule has 0 radical (unpaired) electrons. The van der Waals surface area contributed by atoms with Crippen LogP contribution in [-0.2, 0) is 16.0 Å². The first-order chi connectivity index (χ1) is 12.4. The fourth-order valence-corrected chi connectivity index (χ4v) is 2.99. The number of barbiturate groups is 1. The van der Waals surface area contributed by atoms with Crippen LogP contribution >= 0.6 is 0 Å². The summed E-state index contributed by atoms with van der Waals surface area (Å²) in [6.07, 6.45) is 2.42. The first kappa shape index (κ1) is 17.6. The summed E-state index contributed by atoms with van der Waals surface area (Å²) in [7, 11) is 0. The van der Waals surface area contributed by atoms with Crippen molar-refractivity contribution in [1.82, 2.24) is 5.32 Å². The molecule has 0 bridgehead atoms. The Morgan fingerprint density at radius 1 is 0.962 bits per heavy atom. The molecule has 0 saturated carbocycles. The number of benzene rings is 2. The minimum absolute atomic E-state index is 0.0620. The normalized spacial score (nSPS) is 16.2. The number of carbonyl (C=O) groups excluding carboxylic acids is 3. The molecule has 0 aliphatic carbocycles. The lowest BCUT2D eigenvalue weighted by Crippen LogP contribution is -2.54. The van der Waals surface area contributed by atoms with Crippen LogP contribution in [0.1, 0.15) is 29.2 Å². The summed E-state index contributed by atoms with van der Waals surface area (Å²) in [5, 5.41) is 2.25. The molecule has 1 aliphatic heterocycles. The molecule has 0 unspecified atom stereocenters. The fraction of sp³-hybridized carbons (Fsp3) is 0.190. The average molecular weight is 348 g/mol. The highest BCUT2D eigenvalue weighted by molar-refractivity contribution is 6.39. The van der Waals surface area contributed by atoms with E-state index >= 15 is 0 Å². The van der Waals surface area contributed by atoms with E-state index in [0.717, 1.165) is 28.0 Å². The number of anilines is 1. The molecular weight excluding hydrogens is 328 g/mol. The second-order valence-corrected chi connectivity index (χ2v) is 6.40. The van der Waals surface area contributed by atoms with Gasteiger partial charge >= 0.3 is 6.03 Å². The molecule has 5 nitrogen and oxygen atoms in total. The molecule has 2 aromatic carbocycles. The van der Waals surface area contributed by atoms with Crippen molar-refractivity contribution in [3.05, 3.63) is 70.3 Å². The van der Waals surface area contributed by atoms with Gasteiger partial charge in [-0.25, -0.2) is 9.69 Å².